The fraction of sp³-hybridized carbons (Fsp3) is 0.500. The van der Waals surface area contributed by atoms with Gasteiger partial charge in [0, 0.05) is 19.4 Å². The number of phenolic OH excluding ortho intramolecular Hbond substituents is 1. The number of ether oxygens (including phenoxy) is 2. The predicted octanol–water partition coefficient (Wildman–Crippen LogP) is 5.05. The van der Waals surface area contributed by atoms with Gasteiger partial charge in [-0.05, 0) is 41.2 Å². The topological polar surface area (TPSA) is 65.0 Å². The molecule has 1 N–H and O–H groups in total. The zero-order chi connectivity index (χ0) is 20.7. The zero-order valence-corrected chi connectivity index (χ0v) is 18.6. The van der Waals surface area contributed by atoms with Gasteiger partial charge in [0.05, 0.1) is 12.5 Å². The lowest BCUT2D eigenvalue weighted by atomic mass is 9.92. The number of fused-ring (bicyclic) bond motifs is 2. The van der Waals surface area contributed by atoms with Crippen molar-refractivity contribution in [2.75, 3.05) is 13.7 Å². The molecule has 2 aromatic rings. The van der Waals surface area contributed by atoms with Crippen LogP contribution in [0.2, 0.25) is 18.1 Å². The maximum absolute atomic E-state index is 12.6. The van der Waals surface area contributed by atoms with Crippen LogP contribution in [-0.2, 0) is 15.6 Å². The number of benzene rings is 2. The quantitative estimate of drug-likeness (QED) is 0.560. The molecule has 0 aromatic heterocycles. The fourth-order valence-electron chi connectivity index (χ4n) is 3.34. The highest BCUT2D eigenvalue weighted by Gasteiger charge is 2.37. The van der Waals surface area contributed by atoms with Crippen molar-refractivity contribution >= 4 is 25.1 Å². The number of cyclic esters (lactones) is 1. The minimum Gasteiger partial charge on any atom is -0.506 e. The molecule has 5 nitrogen and oxygen atoms in total. The van der Waals surface area contributed by atoms with Crippen LogP contribution in [0.5, 0.6) is 11.5 Å². The highest BCUT2D eigenvalue weighted by atomic mass is 28.4. The molecule has 6 heteroatoms. The Kier molecular flexibility index (Phi) is 5.47. The molecular weight excluding hydrogens is 372 g/mol. The van der Waals surface area contributed by atoms with E-state index in [9.17, 15) is 9.90 Å². The van der Waals surface area contributed by atoms with Gasteiger partial charge in [-0.3, -0.25) is 0 Å². The molecule has 0 saturated heterocycles. The summed E-state index contributed by atoms with van der Waals surface area (Å²) in [6, 6.07) is 7.50. The monoisotopic (exact) mass is 402 g/mol. The van der Waals surface area contributed by atoms with Gasteiger partial charge in [0.2, 0.25) is 0 Å². The summed E-state index contributed by atoms with van der Waals surface area (Å²) in [6.07, 6.45) is 0.976. The van der Waals surface area contributed by atoms with E-state index in [0.29, 0.717) is 30.6 Å². The van der Waals surface area contributed by atoms with Crippen LogP contribution in [0.3, 0.4) is 0 Å². The van der Waals surface area contributed by atoms with Crippen molar-refractivity contribution in [2.45, 2.75) is 57.8 Å². The van der Waals surface area contributed by atoms with Crippen molar-refractivity contribution in [3.8, 4) is 11.5 Å². The van der Waals surface area contributed by atoms with E-state index in [1.165, 1.54) is 0 Å². The SMILES string of the molecule is COc1cccc2cc3c(c(O)c12)C(=O)O[C@H](CCO[Si](C)(C)C(C)(C)C)C3. The Balaban J connectivity index is 1.81. The van der Waals surface area contributed by atoms with Gasteiger partial charge >= 0.3 is 5.97 Å². The molecule has 1 aliphatic rings. The zero-order valence-electron chi connectivity index (χ0n) is 17.6. The minimum atomic E-state index is -1.83. The number of hydrogen-bond donors (Lipinski definition) is 1. The van der Waals surface area contributed by atoms with Gasteiger partial charge in [-0.25, -0.2) is 4.79 Å². The van der Waals surface area contributed by atoms with Crippen LogP contribution >= 0.6 is 0 Å². The average Bonchev–Trinajstić information content (AvgIpc) is 2.59. The number of esters is 1. The second kappa shape index (κ2) is 7.41. The lowest BCUT2D eigenvalue weighted by molar-refractivity contribution is 0.0199. The Morgan fingerprint density at radius 1 is 1.29 bits per heavy atom. The van der Waals surface area contributed by atoms with Crippen LogP contribution in [-0.4, -0.2) is 39.2 Å². The first-order valence-electron chi connectivity index (χ1n) is 9.71. The van der Waals surface area contributed by atoms with Gasteiger partial charge in [0.1, 0.15) is 23.2 Å². The molecule has 0 bridgehead atoms. The number of carbonyl (C=O) groups is 1. The molecule has 0 radical (unpaired) electrons. The summed E-state index contributed by atoms with van der Waals surface area (Å²) in [5, 5.41) is 12.3. The maximum atomic E-state index is 12.6. The van der Waals surface area contributed by atoms with Crippen LogP contribution in [0.4, 0.5) is 0 Å². The van der Waals surface area contributed by atoms with Gasteiger partial charge in [-0.15, -0.1) is 0 Å². The largest absolute Gasteiger partial charge is 0.506 e. The summed E-state index contributed by atoms with van der Waals surface area (Å²) in [6.45, 7) is 11.6. The average molecular weight is 403 g/mol. The summed E-state index contributed by atoms with van der Waals surface area (Å²) >= 11 is 0. The summed E-state index contributed by atoms with van der Waals surface area (Å²) in [5.74, 6) is -0.00898. The molecule has 1 atom stereocenters. The molecule has 28 heavy (non-hydrogen) atoms. The Labute approximate surface area is 167 Å². The molecule has 3 rings (SSSR count). The molecule has 0 aliphatic carbocycles. The van der Waals surface area contributed by atoms with Crippen LogP contribution in [0.15, 0.2) is 24.3 Å². The number of aromatic hydroxyl groups is 1. The second-order valence-corrected chi connectivity index (χ2v) is 13.8. The Bertz CT molecular complexity index is 898. The number of hydrogen-bond acceptors (Lipinski definition) is 5. The molecule has 0 saturated carbocycles. The van der Waals surface area contributed by atoms with E-state index in [4.69, 9.17) is 13.9 Å². The molecule has 0 fully saturated rings. The van der Waals surface area contributed by atoms with E-state index < -0.39 is 14.3 Å². The van der Waals surface area contributed by atoms with Crippen molar-refractivity contribution in [1.29, 1.82) is 0 Å². The van der Waals surface area contributed by atoms with Gasteiger partial charge in [0.25, 0.3) is 0 Å². The highest BCUT2D eigenvalue weighted by molar-refractivity contribution is 6.74. The van der Waals surface area contributed by atoms with Crippen molar-refractivity contribution in [1.82, 2.24) is 0 Å². The van der Waals surface area contributed by atoms with E-state index in [1.807, 2.05) is 18.2 Å². The van der Waals surface area contributed by atoms with Gasteiger partial charge in [-0.1, -0.05) is 32.9 Å². The lowest BCUT2D eigenvalue weighted by Crippen LogP contribution is -2.41. The normalized spacial score (nSPS) is 17.4. The standard InChI is InChI=1S/C22H30O5Si/c1-22(2,3)28(5,6)26-11-10-16-13-15-12-14-8-7-9-17(25-4)18(14)20(23)19(15)21(24)27-16/h7-9,12,16,23H,10-11,13H2,1-6H3/t16-/m1/s1. The molecular formula is C22H30O5Si. The van der Waals surface area contributed by atoms with Crippen molar-refractivity contribution in [2.24, 2.45) is 0 Å². The highest BCUT2D eigenvalue weighted by Crippen LogP contribution is 2.41. The fourth-order valence-corrected chi connectivity index (χ4v) is 4.40. The Hall–Kier alpha value is -2.05. The van der Waals surface area contributed by atoms with E-state index in [-0.39, 0.29) is 22.5 Å². The molecule has 0 unspecified atom stereocenters. The molecule has 1 heterocycles. The third-order valence-electron chi connectivity index (χ3n) is 6.04. The summed E-state index contributed by atoms with van der Waals surface area (Å²) in [7, 11) is -0.282. The van der Waals surface area contributed by atoms with E-state index in [1.54, 1.807) is 13.2 Å². The van der Waals surface area contributed by atoms with E-state index in [0.717, 1.165) is 10.9 Å². The number of phenols is 1. The smallest absolute Gasteiger partial charge is 0.342 e. The van der Waals surface area contributed by atoms with Crippen molar-refractivity contribution in [3.63, 3.8) is 0 Å². The summed E-state index contributed by atoms with van der Waals surface area (Å²) in [4.78, 5) is 12.6. The minimum absolute atomic E-state index is 0.0640. The van der Waals surface area contributed by atoms with Crippen LogP contribution in [0, 0.1) is 0 Å². The van der Waals surface area contributed by atoms with E-state index in [2.05, 4.69) is 33.9 Å². The molecule has 0 amide bonds. The molecule has 152 valence electrons. The first kappa shape index (κ1) is 20.7. The molecule has 1 aliphatic heterocycles. The second-order valence-electron chi connectivity index (χ2n) is 8.95. The van der Waals surface area contributed by atoms with Crippen LogP contribution < -0.4 is 4.74 Å². The van der Waals surface area contributed by atoms with Gasteiger partial charge < -0.3 is 19.0 Å². The first-order valence-corrected chi connectivity index (χ1v) is 12.6. The molecule has 2 aromatic carbocycles. The third-order valence-corrected chi connectivity index (χ3v) is 10.6. The number of methoxy groups -OCH3 is 1. The summed E-state index contributed by atoms with van der Waals surface area (Å²) in [5.41, 5.74) is 1.06. The Morgan fingerprint density at radius 3 is 2.64 bits per heavy atom. The first-order chi connectivity index (χ1) is 13.0. The molecule has 0 spiro atoms. The number of carbonyl (C=O) groups excluding carboxylic acids is 1. The van der Waals surface area contributed by atoms with Crippen molar-refractivity contribution in [3.05, 3.63) is 35.4 Å². The van der Waals surface area contributed by atoms with Crippen LogP contribution in [0.25, 0.3) is 10.8 Å². The van der Waals surface area contributed by atoms with E-state index >= 15 is 0 Å². The third kappa shape index (κ3) is 3.76. The van der Waals surface area contributed by atoms with Crippen LogP contribution in [0.1, 0.15) is 43.1 Å². The van der Waals surface area contributed by atoms with Gasteiger partial charge in [0.15, 0.2) is 8.32 Å². The van der Waals surface area contributed by atoms with Crippen molar-refractivity contribution < 1.29 is 23.8 Å². The Morgan fingerprint density at radius 2 is 2.00 bits per heavy atom. The predicted molar refractivity (Wildman–Crippen MR) is 113 cm³/mol. The lowest BCUT2D eigenvalue weighted by Gasteiger charge is -2.36. The van der Waals surface area contributed by atoms with Gasteiger partial charge in [-0.2, -0.15) is 0 Å². The number of rotatable bonds is 5. The summed E-state index contributed by atoms with van der Waals surface area (Å²) < 4.78 is 17.2. The maximum Gasteiger partial charge on any atom is 0.342 e.